The van der Waals surface area contributed by atoms with E-state index in [1.165, 1.54) is 57.8 Å². The van der Waals surface area contributed by atoms with Crippen LogP contribution in [0.5, 0.6) is 0 Å². The van der Waals surface area contributed by atoms with Gasteiger partial charge in [-0.2, -0.15) is 0 Å². The minimum Gasteiger partial charge on any atom is -0.359 e. The molecule has 3 heteroatoms. The molecule has 0 saturated carbocycles. The van der Waals surface area contributed by atoms with Gasteiger partial charge in [-0.1, -0.05) is 79.1 Å². The topological polar surface area (TPSA) is 55.1 Å². The number of nitrogens with two attached hydrogens (primary N) is 1. The second-order valence-corrected chi connectivity index (χ2v) is 4.75. The van der Waals surface area contributed by atoms with Crippen molar-refractivity contribution in [3.05, 3.63) is 0 Å². The summed E-state index contributed by atoms with van der Waals surface area (Å²) in [6, 6.07) is 0. The molecule has 0 aliphatic heterocycles. The Hall–Kier alpha value is -0.570. The van der Waals surface area contributed by atoms with Crippen molar-refractivity contribution in [3.8, 4) is 0 Å². The Labute approximate surface area is 128 Å². The Balaban J connectivity index is -0.000000505. The van der Waals surface area contributed by atoms with Crippen molar-refractivity contribution in [2.75, 3.05) is 13.1 Å². The molecule has 0 fully saturated rings. The van der Waals surface area contributed by atoms with Gasteiger partial charge in [0.1, 0.15) is 0 Å². The maximum absolute atomic E-state index is 9.95. The maximum Gasteiger partial charge on any atom is 0.207 e. The fraction of sp³-hybridized carbons (Fsp3) is 0.941. The molecule has 0 unspecified atom stereocenters. The summed E-state index contributed by atoms with van der Waals surface area (Å²) in [4.78, 5) is 9.95. The number of hydrogen-bond acceptors (Lipinski definition) is 2. The first-order valence-electron chi connectivity index (χ1n) is 8.70. The third-order valence-electron chi connectivity index (χ3n) is 2.61. The van der Waals surface area contributed by atoms with Crippen LogP contribution in [0, 0.1) is 0 Å². The van der Waals surface area contributed by atoms with E-state index in [4.69, 9.17) is 5.73 Å². The molecule has 3 N–H and O–H groups in total. The van der Waals surface area contributed by atoms with E-state index in [1.54, 1.807) is 0 Å². The summed E-state index contributed by atoms with van der Waals surface area (Å²) in [7, 11) is 0. The standard InChI is InChI=1S/C12H26N2O.C3H8.C2H6/c13-10-8-6-4-2-1-3-5-7-9-11-14-12-15;1-3-2;1-2/h12H,1-11,13H2,(H,14,15);3H2,1-2H3;1-2H3. The quantitative estimate of drug-likeness (QED) is 0.406. The number of hydrogen-bond donors (Lipinski definition) is 2. The van der Waals surface area contributed by atoms with E-state index < -0.39 is 0 Å². The van der Waals surface area contributed by atoms with Crippen LogP contribution in [0.3, 0.4) is 0 Å². The maximum atomic E-state index is 9.95. The highest BCUT2D eigenvalue weighted by Crippen LogP contribution is 2.08. The van der Waals surface area contributed by atoms with Crippen molar-refractivity contribution in [3.63, 3.8) is 0 Å². The molecule has 0 aliphatic carbocycles. The van der Waals surface area contributed by atoms with Crippen LogP contribution in [0.2, 0.25) is 0 Å². The lowest BCUT2D eigenvalue weighted by Gasteiger charge is -2.01. The number of amides is 1. The summed E-state index contributed by atoms with van der Waals surface area (Å²) >= 11 is 0. The second kappa shape index (κ2) is 31.0. The van der Waals surface area contributed by atoms with Crippen LogP contribution in [-0.4, -0.2) is 19.5 Å². The van der Waals surface area contributed by atoms with Crippen LogP contribution in [0.15, 0.2) is 0 Å². The summed E-state index contributed by atoms with van der Waals surface area (Å²) < 4.78 is 0. The molecule has 3 nitrogen and oxygen atoms in total. The molecule has 20 heavy (non-hydrogen) atoms. The molecule has 0 rings (SSSR count). The average molecular weight is 289 g/mol. The molecule has 0 aromatic carbocycles. The van der Waals surface area contributed by atoms with Crippen LogP contribution in [0.4, 0.5) is 0 Å². The van der Waals surface area contributed by atoms with E-state index in [0.717, 1.165) is 25.9 Å². The van der Waals surface area contributed by atoms with Crippen LogP contribution in [0.1, 0.15) is 91.9 Å². The minimum atomic E-state index is 0.775. The van der Waals surface area contributed by atoms with E-state index in [1.807, 2.05) is 13.8 Å². The van der Waals surface area contributed by atoms with Gasteiger partial charge in [-0.15, -0.1) is 0 Å². The Morgan fingerprint density at radius 2 is 1.15 bits per heavy atom. The normalized spacial score (nSPS) is 8.85. The van der Waals surface area contributed by atoms with Crippen molar-refractivity contribution in [2.45, 2.75) is 91.9 Å². The molecule has 0 radical (unpaired) electrons. The van der Waals surface area contributed by atoms with E-state index in [2.05, 4.69) is 19.2 Å². The SMILES string of the molecule is CC.CCC.NCCCCCCCCCCCNC=O. The Kier molecular flexibility index (Phi) is 37.9. The summed E-state index contributed by atoms with van der Waals surface area (Å²) in [5.74, 6) is 0. The minimum absolute atomic E-state index is 0.775. The summed E-state index contributed by atoms with van der Waals surface area (Å²) in [5.41, 5.74) is 5.42. The van der Waals surface area contributed by atoms with Crippen molar-refractivity contribution in [2.24, 2.45) is 5.73 Å². The molecular formula is C17H40N2O. The third kappa shape index (κ3) is 36.0. The lowest BCUT2D eigenvalue weighted by atomic mass is 10.1. The Bertz CT molecular complexity index is 141. The zero-order valence-corrected chi connectivity index (χ0v) is 14.5. The first-order valence-corrected chi connectivity index (χ1v) is 8.70. The number of carbonyl (C=O) groups is 1. The number of unbranched alkanes of at least 4 members (excludes halogenated alkanes) is 8. The second-order valence-electron chi connectivity index (χ2n) is 4.75. The molecule has 0 aromatic rings. The van der Waals surface area contributed by atoms with Gasteiger partial charge in [-0.05, 0) is 19.4 Å². The van der Waals surface area contributed by atoms with Crippen molar-refractivity contribution < 1.29 is 4.79 Å². The molecule has 0 bridgehead atoms. The zero-order chi connectivity index (χ0) is 15.9. The fourth-order valence-corrected chi connectivity index (χ4v) is 1.67. The summed E-state index contributed by atoms with van der Waals surface area (Å²) in [6.07, 6.45) is 13.5. The van der Waals surface area contributed by atoms with Gasteiger partial charge in [0.15, 0.2) is 0 Å². The Morgan fingerprint density at radius 1 is 0.800 bits per heavy atom. The molecule has 0 aliphatic rings. The van der Waals surface area contributed by atoms with E-state index in [9.17, 15) is 4.79 Å². The number of nitrogens with one attached hydrogen (secondary N) is 1. The highest BCUT2D eigenvalue weighted by Gasteiger charge is 1.91. The predicted octanol–water partition coefficient (Wildman–Crippen LogP) is 4.64. The molecule has 0 spiro atoms. The van der Waals surface area contributed by atoms with E-state index in [-0.39, 0.29) is 0 Å². The van der Waals surface area contributed by atoms with Crippen LogP contribution in [0.25, 0.3) is 0 Å². The van der Waals surface area contributed by atoms with Crippen molar-refractivity contribution >= 4 is 6.41 Å². The highest BCUT2D eigenvalue weighted by molar-refractivity contribution is 5.45. The van der Waals surface area contributed by atoms with Crippen molar-refractivity contribution in [1.29, 1.82) is 0 Å². The number of carbonyl (C=O) groups excluding carboxylic acids is 1. The predicted molar refractivity (Wildman–Crippen MR) is 92.0 cm³/mol. The lowest BCUT2D eigenvalue weighted by molar-refractivity contribution is -0.109. The first-order chi connectivity index (χ1) is 9.83. The largest absolute Gasteiger partial charge is 0.359 e. The van der Waals surface area contributed by atoms with Crippen molar-refractivity contribution in [1.82, 2.24) is 5.32 Å². The van der Waals surface area contributed by atoms with Crippen LogP contribution >= 0.6 is 0 Å². The van der Waals surface area contributed by atoms with Gasteiger partial charge < -0.3 is 11.1 Å². The molecule has 124 valence electrons. The smallest absolute Gasteiger partial charge is 0.207 e. The van der Waals surface area contributed by atoms with Gasteiger partial charge in [-0.25, -0.2) is 0 Å². The zero-order valence-electron chi connectivity index (χ0n) is 14.5. The van der Waals surface area contributed by atoms with Crippen LogP contribution in [-0.2, 0) is 4.79 Å². The van der Waals surface area contributed by atoms with E-state index in [0.29, 0.717) is 0 Å². The Morgan fingerprint density at radius 3 is 1.50 bits per heavy atom. The molecule has 1 amide bonds. The number of rotatable bonds is 12. The first kappa shape index (κ1) is 24.4. The summed E-state index contributed by atoms with van der Waals surface area (Å²) in [6.45, 7) is 9.92. The lowest BCUT2D eigenvalue weighted by Crippen LogP contribution is -2.11. The van der Waals surface area contributed by atoms with Gasteiger partial charge in [0.2, 0.25) is 6.41 Å². The molecule has 0 aromatic heterocycles. The van der Waals surface area contributed by atoms with Gasteiger partial charge in [0.25, 0.3) is 0 Å². The molecule has 0 saturated heterocycles. The fourth-order valence-electron chi connectivity index (χ4n) is 1.67. The van der Waals surface area contributed by atoms with Crippen LogP contribution < -0.4 is 11.1 Å². The monoisotopic (exact) mass is 288 g/mol. The van der Waals surface area contributed by atoms with Gasteiger partial charge in [0, 0.05) is 6.54 Å². The van der Waals surface area contributed by atoms with Gasteiger partial charge in [0.05, 0.1) is 0 Å². The summed E-state index contributed by atoms with van der Waals surface area (Å²) in [5, 5.41) is 2.68. The van der Waals surface area contributed by atoms with Gasteiger partial charge in [-0.3, -0.25) is 4.79 Å². The molecular weight excluding hydrogens is 248 g/mol. The van der Waals surface area contributed by atoms with E-state index >= 15 is 0 Å². The highest BCUT2D eigenvalue weighted by atomic mass is 16.1. The molecule has 0 heterocycles. The average Bonchev–Trinajstić information content (AvgIpc) is 2.48. The van der Waals surface area contributed by atoms with Gasteiger partial charge >= 0.3 is 0 Å². The molecule has 0 atom stereocenters. The third-order valence-corrected chi connectivity index (χ3v) is 2.61.